The Morgan fingerprint density at radius 1 is 1.32 bits per heavy atom. The molecule has 0 spiro atoms. The van der Waals surface area contributed by atoms with Gasteiger partial charge >= 0.3 is 11.9 Å². The summed E-state index contributed by atoms with van der Waals surface area (Å²) in [7, 11) is 2.39. The lowest BCUT2D eigenvalue weighted by atomic mass is 10.0. The Labute approximate surface area is 116 Å². The van der Waals surface area contributed by atoms with E-state index in [0.29, 0.717) is 5.56 Å². The smallest absolute Gasteiger partial charge is 0.340 e. The molecule has 5 nitrogen and oxygen atoms in total. The molecule has 1 rings (SSSR count). The molecule has 2 N–H and O–H groups in total. The molecule has 0 amide bonds. The number of benzene rings is 1. The minimum Gasteiger partial charge on any atom is -0.468 e. The quantitative estimate of drug-likeness (QED) is 0.840. The summed E-state index contributed by atoms with van der Waals surface area (Å²) in [5.74, 6) is -2.04. The summed E-state index contributed by atoms with van der Waals surface area (Å²) in [6.07, 6.45) is 0.130. The summed E-state index contributed by atoms with van der Waals surface area (Å²) in [5.41, 5.74) is 5.88. The van der Waals surface area contributed by atoms with Crippen molar-refractivity contribution in [3.05, 3.63) is 35.1 Å². The minimum absolute atomic E-state index is 0. The largest absolute Gasteiger partial charge is 0.468 e. The number of esters is 2. The molecule has 0 radical (unpaired) electrons. The van der Waals surface area contributed by atoms with Crippen molar-refractivity contribution in [2.75, 3.05) is 14.2 Å². The van der Waals surface area contributed by atoms with E-state index in [-0.39, 0.29) is 24.4 Å². The molecule has 106 valence electrons. The van der Waals surface area contributed by atoms with Crippen LogP contribution in [0.2, 0.25) is 0 Å². The molecule has 0 saturated heterocycles. The summed E-state index contributed by atoms with van der Waals surface area (Å²) >= 11 is 0. The van der Waals surface area contributed by atoms with Gasteiger partial charge < -0.3 is 15.2 Å². The van der Waals surface area contributed by atoms with Crippen LogP contribution in [0.15, 0.2) is 18.2 Å². The molecule has 0 aliphatic heterocycles. The average Bonchev–Trinajstić information content (AvgIpc) is 2.37. The van der Waals surface area contributed by atoms with Gasteiger partial charge in [0.2, 0.25) is 0 Å². The van der Waals surface area contributed by atoms with Crippen molar-refractivity contribution < 1.29 is 23.5 Å². The van der Waals surface area contributed by atoms with E-state index in [9.17, 15) is 14.0 Å². The number of nitrogens with two attached hydrogens (primary N) is 1. The van der Waals surface area contributed by atoms with E-state index < -0.39 is 23.8 Å². The number of ether oxygens (including phenoxy) is 2. The molecule has 1 unspecified atom stereocenters. The minimum atomic E-state index is -0.863. The van der Waals surface area contributed by atoms with Gasteiger partial charge in [-0.3, -0.25) is 4.79 Å². The van der Waals surface area contributed by atoms with Gasteiger partial charge in [0.25, 0.3) is 0 Å². The first kappa shape index (κ1) is 17.3. The van der Waals surface area contributed by atoms with E-state index in [2.05, 4.69) is 9.47 Å². The highest BCUT2D eigenvalue weighted by molar-refractivity contribution is 5.89. The lowest BCUT2D eigenvalue weighted by Crippen LogP contribution is -2.33. The summed E-state index contributed by atoms with van der Waals surface area (Å²) in [4.78, 5) is 22.3. The Kier molecular flexibility index (Phi) is 7.03. The van der Waals surface area contributed by atoms with Crippen LogP contribution >= 0.6 is 12.4 Å². The van der Waals surface area contributed by atoms with Gasteiger partial charge in [0.05, 0.1) is 19.8 Å². The van der Waals surface area contributed by atoms with Gasteiger partial charge in [-0.25, -0.2) is 9.18 Å². The monoisotopic (exact) mass is 291 g/mol. The fraction of sp³-hybridized carbons (Fsp3) is 0.333. The average molecular weight is 292 g/mol. The highest BCUT2D eigenvalue weighted by Gasteiger charge is 2.17. The van der Waals surface area contributed by atoms with Crippen molar-refractivity contribution in [1.29, 1.82) is 0 Å². The van der Waals surface area contributed by atoms with E-state index in [0.717, 1.165) is 6.07 Å². The molecule has 0 aromatic heterocycles. The van der Waals surface area contributed by atoms with Crippen LogP contribution in [0.5, 0.6) is 0 Å². The van der Waals surface area contributed by atoms with Gasteiger partial charge in [-0.2, -0.15) is 0 Å². The van der Waals surface area contributed by atoms with Crippen LogP contribution in [0.4, 0.5) is 4.39 Å². The Morgan fingerprint density at radius 2 is 1.95 bits per heavy atom. The molecule has 0 saturated carbocycles. The number of hydrogen-bond donors (Lipinski definition) is 1. The summed E-state index contributed by atoms with van der Waals surface area (Å²) in [6, 6.07) is 3.09. The Morgan fingerprint density at radius 3 is 2.42 bits per heavy atom. The van der Waals surface area contributed by atoms with Crippen LogP contribution in [0.25, 0.3) is 0 Å². The zero-order chi connectivity index (χ0) is 13.7. The highest BCUT2D eigenvalue weighted by Crippen LogP contribution is 2.13. The molecule has 0 aliphatic rings. The van der Waals surface area contributed by atoms with Crippen LogP contribution in [0.3, 0.4) is 0 Å². The summed E-state index contributed by atoms with van der Waals surface area (Å²) in [6.45, 7) is 0. The molecule has 7 heteroatoms. The molecule has 1 aromatic rings. The van der Waals surface area contributed by atoms with E-state index in [1.807, 2.05) is 0 Å². The first-order valence-electron chi connectivity index (χ1n) is 5.19. The maximum absolute atomic E-state index is 13.6. The molecule has 0 heterocycles. The third kappa shape index (κ3) is 4.50. The Bertz CT molecular complexity index is 467. The van der Waals surface area contributed by atoms with E-state index in [4.69, 9.17) is 5.73 Å². The van der Waals surface area contributed by atoms with Gasteiger partial charge in [0.15, 0.2) is 0 Å². The van der Waals surface area contributed by atoms with E-state index >= 15 is 0 Å². The molecule has 1 atom stereocenters. The van der Waals surface area contributed by atoms with Crippen LogP contribution < -0.4 is 5.73 Å². The van der Waals surface area contributed by atoms with Crippen molar-refractivity contribution in [1.82, 2.24) is 0 Å². The topological polar surface area (TPSA) is 78.6 Å². The van der Waals surface area contributed by atoms with Crippen molar-refractivity contribution in [2.24, 2.45) is 5.73 Å². The second-order valence-electron chi connectivity index (χ2n) is 3.64. The lowest BCUT2D eigenvalue weighted by molar-refractivity contribution is -0.142. The van der Waals surface area contributed by atoms with Crippen molar-refractivity contribution >= 4 is 24.3 Å². The van der Waals surface area contributed by atoms with Gasteiger partial charge in [0, 0.05) is 0 Å². The number of rotatable bonds is 4. The van der Waals surface area contributed by atoms with Gasteiger partial charge in [0.1, 0.15) is 11.9 Å². The molecule has 0 fully saturated rings. The van der Waals surface area contributed by atoms with E-state index in [1.54, 1.807) is 0 Å². The molecule has 19 heavy (non-hydrogen) atoms. The van der Waals surface area contributed by atoms with Crippen LogP contribution in [0.1, 0.15) is 15.9 Å². The fourth-order valence-electron chi connectivity index (χ4n) is 1.45. The summed E-state index contributed by atoms with van der Waals surface area (Å²) < 4.78 is 22.4. The predicted molar refractivity (Wildman–Crippen MR) is 68.7 cm³/mol. The van der Waals surface area contributed by atoms with Crippen molar-refractivity contribution in [3.8, 4) is 0 Å². The Hall–Kier alpha value is -1.66. The first-order chi connectivity index (χ1) is 8.49. The maximum Gasteiger partial charge on any atom is 0.340 e. The highest BCUT2D eigenvalue weighted by atomic mass is 35.5. The SMILES string of the molecule is COC(=O)c1ccc(CC(N)C(=O)OC)cc1F.Cl. The second kappa shape index (κ2) is 7.70. The Balaban J connectivity index is 0.00000324. The normalized spacial score (nSPS) is 11.2. The first-order valence-corrected chi connectivity index (χ1v) is 5.19. The second-order valence-corrected chi connectivity index (χ2v) is 3.64. The standard InChI is InChI=1S/C12H14FNO4.ClH/c1-17-11(15)8-4-3-7(5-9(8)13)6-10(14)12(16)18-2;/h3-5,10H,6,14H2,1-2H3;1H. The predicted octanol–water partition coefficient (Wildman–Crippen LogP) is 1.08. The number of methoxy groups -OCH3 is 2. The van der Waals surface area contributed by atoms with Gasteiger partial charge in [-0.05, 0) is 24.1 Å². The fourth-order valence-corrected chi connectivity index (χ4v) is 1.45. The maximum atomic E-state index is 13.6. The van der Waals surface area contributed by atoms with E-state index in [1.165, 1.54) is 26.4 Å². The van der Waals surface area contributed by atoms with Crippen molar-refractivity contribution in [2.45, 2.75) is 12.5 Å². The molecule has 0 aliphatic carbocycles. The number of hydrogen-bond acceptors (Lipinski definition) is 5. The van der Waals surface area contributed by atoms with Crippen LogP contribution in [-0.2, 0) is 20.7 Å². The lowest BCUT2D eigenvalue weighted by Gasteiger charge is -2.10. The summed E-state index contributed by atoms with van der Waals surface area (Å²) in [5, 5.41) is 0. The molecular weight excluding hydrogens is 277 g/mol. The number of carbonyl (C=O) groups is 2. The molecule has 1 aromatic carbocycles. The third-order valence-corrected chi connectivity index (χ3v) is 2.40. The number of halogens is 2. The van der Waals surface area contributed by atoms with Crippen LogP contribution in [-0.4, -0.2) is 32.2 Å². The zero-order valence-corrected chi connectivity index (χ0v) is 11.3. The third-order valence-electron chi connectivity index (χ3n) is 2.40. The number of carbonyl (C=O) groups excluding carboxylic acids is 2. The molecular formula is C12H15ClFNO4. The van der Waals surface area contributed by atoms with Crippen molar-refractivity contribution in [3.63, 3.8) is 0 Å². The molecule has 0 bridgehead atoms. The van der Waals surface area contributed by atoms with Crippen LogP contribution in [0, 0.1) is 5.82 Å². The van der Waals surface area contributed by atoms with Gasteiger partial charge in [-0.15, -0.1) is 12.4 Å². The zero-order valence-electron chi connectivity index (χ0n) is 10.5. The van der Waals surface area contributed by atoms with Gasteiger partial charge in [-0.1, -0.05) is 6.07 Å².